The highest BCUT2D eigenvalue weighted by Gasteiger charge is 2.13. The molecular formula is C16H19N3O2S. The molecule has 0 saturated carbocycles. The fourth-order valence-corrected chi connectivity index (χ4v) is 2.82. The molecule has 0 aliphatic heterocycles. The zero-order chi connectivity index (χ0) is 15.8. The van der Waals surface area contributed by atoms with Gasteiger partial charge in [-0.25, -0.2) is 0 Å². The molecule has 0 N–H and O–H groups in total. The molecule has 1 aromatic carbocycles. The molecule has 5 nitrogen and oxygen atoms in total. The number of esters is 1. The van der Waals surface area contributed by atoms with E-state index < -0.39 is 0 Å². The normalized spacial score (nSPS) is 10.4. The summed E-state index contributed by atoms with van der Waals surface area (Å²) >= 11 is 1.50. The van der Waals surface area contributed by atoms with E-state index in [1.165, 1.54) is 11.8 Å². The molecular weight excluding hydrogens is 298 g/mol. The minimum atomic E-state index is -0.187. The molecule has 0 spiro atoms. The quantitative estimate of drug-likeness (QED) is 0.425. The first-order valence-electron chi connectivity index (χ1n) is 7.14. The van der Waals surface area contributed by atoms with Gasteiger partial charge in [0.15, 0.2) is 11.0 Å². The number of carbonyl (C=O) groups is 1. The van der Waals surface area contributed by atoms with Gasteiger partial charge in [-0.15, -0.1) is 16.8 Å². The van der Waals surface area contributed by atoms with Crippen LogP contribution in [-0.2, 0) is 16.1 Å². The summed E-state index contributed by atoms with van der Waals surface area (Å²) in [5.74, 6) is 1.23. The number of rotatable bonds is 8. The maximum absolute atomic E-state index is 11.4. The molecule has 1 heterocycles. The van der Waals surface area contributed by atoms with Crippen LogP contribution in [0.5, 0.6) is 0 Å². The molecule has 0 atom stereocenters. The summed E-state index contributed by atoms with van der Waals surface area (Å²) in [6.07, 6.45) is 2.17. The van der Waals surface area contributed by atoms with E-state index in [4.69, 9.17) is 4.74 Å². The predicted octanol–water partition coefficient (Wildman–Crippen LogP) is 3.18. The number of hydrogen-bond acceptors (Lipinski definition) is 5. The summed E-state index contributed by atoms with van der Waals surface area (Å²) in [4.78, 5) is 11.4. The smallest absolute Gasteiger partial charge is 0.306 e. The number of carbonyl (C=O) groups excluding carboxylic acids is 1. The molecule has 22 heavy (non-hydrogen) atoms. The Labute approximate surface area is 134 Å². The summed E-state index contributed by atoms with van der Waals surface area (Å²) in [7, 11) is 0. The van der Waals surface area contributed by atoms with Gasteiger partial charge in [0.2, 0.25) is 0 Å². The molecule has 0 amide bonds. The van der Waals surface area contributed by atoms with Crippen LogP contribution >= 0.6 is 11.8 Å². The summed E-state index contributed by atoms with van der Waals surface area (Å²) in [5.41, 5.74) is 1.01. The van der Waals surface area contributed by atoms with Gasteiger partial charge in [-0.05, 0) is 6.92 Å². The Bertz CT molecular complexity index is 626. The van der Waals surface area contributed by atoms with E-state index in [1.807, 2.05) is 41.0 Å². The lowest BCUT2D eigenvalue weighted by atomic mass is 10.2. The molecule has 1 aromatic heterocycles. The van der Waals surface area contributed by atoms with Gasteiger partial charge in [-0.3, -0.25) is 9.36 Å². The molecule has 0 aliphatic rings. The lowest BCUT2D eigenvalue weighted by molar-refractivity contribution is -0.142. The Morgan fingerprint density at radius 1 is 1.36 bits per heavy atom. The van der Waals surface area contributed by atoms with Crippen molar-refractivity contribution in [1.29, 1.82) is 0 Å². The average Bonchev–Trinajstić information content (AvgIpc) is 2.92. The van der Waals surface area contributed by atoms with Crippen molar-refractivity contribution in [3.63, 3.8) is 0 Å². The van der Waals surface area contributed by atoms with Crippen LogP contribution < -0.4 is 0 Å². The van der Waals surface area contributed by atoms with Crippen LogP contribution in [0.1, 0.15) is 13.3 Å². The third kappa shape index (κ3) is 4.21. The Hall–Kier alpha value is -2.08. The van der Waals surface area contributed by atoms with Crippen molar-refractivity contribution in [2.45, 2.75) is 25.0 Å². The zero-order valence-electron chi connectivity index (χ0n) is 12.6. The minimum absolute atomic E-state index is 0.187. The lowest BCUT2D eigenvalue weighted by Gasteiger charge is -2.07. The minimum Gasteiger partial charge on any atom is -0.466 e. The fourth-order valence-electron chi connectivity index (χ4n) is 1.95. The first-order chi connectivity index (χ1) is 10.8. The van der Waals surface area contributed by atoms with Gasteiger partial charge in [0.05, 0.1) is 13.0 Å². The van der Waals surface area contributed by atoms with Gasteiger partial charge < -0.3 is 4.74 Å². The number of nitrogens with zero attached hydrogens (tertiary/aromatic N) is 3. The van der Waals surface area contributed by atoms with Gasteiger partial charge in [0.1, 0.15) is 0 Å². The number of hydrogen-bond donors (Lipinski definition) is 0. The summed E-state index contributed by atoms with van der Waals surface area (Å²) in [6, 6.07) is 9.89. The van der Waals surface area contributed by atoms with Crippen molar-refractivity contribution < 1.29 is 9.53 Å². The van der Waals surface area contributed by atoms with Crippen LogP contribution in [0, 0.1) is 0 Å². The first-order valence-corrected chi connectivity index (χ1v) is 8.12. The van der Waals surface area contributed by atoms with E-state index in [2.05, 4.69) is 16.8 Å². The second-order valence-electron chi connectivity index (χ2n) is 4.47. The van der Waals surface area contributed by atoms with Gasteiger partial charge in [-0.2, -0.15) is 0 Å². The number of allylic oxidation sites excluding steroid dienone is 1. The monoisotopic (exact) mass is 317 g/mol. The summed E-state index contributed by atoms with van der Waals surface area (Å²) < 4.78 is 6.92. The predicted molar refractivity (Wildman–Crippen MR) is 87.6 cm³/mol. The Morgan fingerprint density at radius 2 is 2.14 bits per heavy atom. The molecule has 2 aromatic rings. The number of aromatic nitrogens is 3. The highest BCUT2D eigenvalue weighted by Crippen LogP contribution is 2.24. The van der Waals surface area contributed by atoms with Crippen molar-refractivity contribution in [2.75, 3.05) is 12.4 Å². The third-order valence-corrected chi connectivity index (χ3v) is 3.87. The van der Waals surface area contributed by atoms with Gasteiger partial charge >= 0.3 is 5.97 Å². The SMILES string of the molecule is C=CCn1c(SCCC(=O)OCC)nnc1-c1ccccc1. The maximum atomic E-state index is 11.4. The molecule has 6 heteroatoms. The second kappa shape index (κ2) is 8.38. The van der Waals surface area contributed by atoms with Crippen molar-refractivity contribution >= 4 is 17.7 Å². The molecule has 2 rings (SSSR count). The van der Waals surface area contributed by atoms with Crippen molar-refractivity contribution in [1.82, 2.24) is 14.8 Å². The van der Waals surface area contributed by atoms with E-state index >= 15 is 0 Å². The molecule has 0 saturated heterocycles. The van der Waals surface area contributed by atoms with E-state index in [0.717, 1.165) is 16.5 Å². The Kier molecular flexibility index (Phi) is 6.21. The van der Waals surface area contributed by atoms with Crippen molar-refractivity contribution in [3.05, 3.63) is 43.0 Å². The van der Waals surface area contributed by atoms with Crippen LogP contribution in [-0.4, -0.2) is 33.1 Å². The standard InChI is InChI=1S/C16H19N3O2S/c1-3-11-19-15(13-8-6-5-7-9-13)17-18-16(19)22-12-10-14(20)21-4-2/h3,5-9H,1,4,10-12H2,2H3. The highest BCUT2D eigenvalue weighted by atomic mass is 32.2. The molecule has 0 unspecified atom stereocenters. The molecule has 0 fully saturated rings. The molecule has 0 radical (unpaired) electrons. The van der Waals surface area contributed by atoms with Crippen LogP contribution in [0.2, 0.25) is 0 Å². The Balaban J connectivity index is 2.10. The van der Waals surface area contributed by atoms with Crippen LogP contribution in [0.4, 0.5) is 0 Å². The average molecular weight is 317 g/mol. The largest absolute Gasteiger partial charge is 0.466 e. The van der Waals surface area contributed by atoms with E-state index in [1.54, 1.807) is 6.92 Å². The van der Waals surface area contributed by atoms with Crippen LogP contribution in [0.25, 0.3) is 11.4 Å². The highest BCUT2D eigenvalue weighted by molar-refractivity contribution is 7.99. The van der Waals surface area contributed by atoms with E-state index in [0.29, 0.717) is 25.3 Å². The first kappa shape index (κ1) is 16.3. The third-order valence-electron chi connectivity index (χ3n) is 2.90. The van der Waals surface area contributed by atoms with Gasteiger partial charge in [-0.1, -0.05) is 48.2 Å². The molecule has 0 bridgehead atoms. The number of ether oxygens (including phenoxy) is 1. The topological polar surface area (TPSA) is 57.0 Å². The van der Waals surface area contributed by atoms with E-state index in [9.17, 15) is 4.79 Å². The summed E-state index contributed by atoms with van der Waals surface area (Å²) in [6.45, 7) is 6.62. The van der Waals surface area contributed by atoms with Gasteiger partial charge in [0.25, 0.3) is 0 Å². The van der Waals surface area contributed by atoms with E-state index in [-0.39, 0.29) is 5.97 Å². The maximum Gasteiger partial charge on any atom is 0.306 e. The zero-order valence-corrected chi connectivity index (χ0v) is 13.4. The van der Waals surface area contributed by atoms with Crippen molar-refractivity contribution in [2.24, 2.45) is 0 Å². The van der Waals surface area contributed by atoms with Crippen molar-refractivity contribution in [3.8, 4) is 11.4 Å². The second-order valence-corrected chi connectivity index (χ2v) is 5.54. The fraction of sp³-hybridized carbons (Fsp3) is 0.312. The number of benzene rings is 1. The van der Waals surface area contributed by atoms with Gasteiger partial charge in [0, 0.05) is 17.9 Å². The molecule has 0 aliphatic carbocycles. The molecule has 116 valence electrons. The number of thioether (sulfide) groups is 1. The lowest BCUT2D eigenvalue weighted by Crippen LogP contribution is -2.06. The Morgan fingerprint density at radius 3 is 2.82 bits per heavy atom. The summed E-state index contributed by atoms with van der Waals surface area (Å²) in [5, 5.41) is 9.28. The van der Waals surface area contributed by atoms with Crippen LogP contribution in [0.3, 0.4) is 0 Å². The van der Waals surface area contributed by atoms with Crippen LogP contribution in [0.15, 0.2) is 48.1 Å².